The summed E-state index contributed by atoms with van der Waals surface area (Å²) in [5, 5.41) is 0. The van der Waals surface area contributed by atoms with Gasteiger partial charge in [-0.1, -0.05) is 29.8 Å². The fraction of sp³-hybridized carbons (Fsp3) is 0.333. The largest absolute Gasteiger partial charge is 0.340 e. The van der Waals surface area contributed by atoms with E-state index < -0.39 is 11.2 Å². The summed E-state index contributed by atoms with van der Waals surface area (Å²) in [6, 6.07) is 7.85. The minimum atomic E-state index is -0.557. The summed E-state index contributed by atoms with van der Waals surface area (Å²) in [5.74, 6) is -0.314. The van der Waals surface area contributed by atoms with E-state index in [1.807, 2.05) is 31.2 Å². The minimum absolute atomic E-state index is 0.293. The molecule has 2 heterocycles. The number of carbonyl (C=O) groups is 1. The number of fused-ring (bicyclic) bond motifs is 1. The number of imidazole rings is 1. The van der Waals surface area contributed by atoms with Gasteiger partial charge in [0.05, 0.1) is 6.33 Å². The standard InChI is InChI=1S/C18H21N5O3/c1-12-5-7-13(8-6-12)9-20(2)14(24)10-23-17(25)15-16(19-11-21(15)3)22(4)18(23)26/h5-8,11H,9-10H2,1-4H3. The Morgan fingerprint density at radius 2 is 1.81 bits per heavy atom. The average molecular weight is 355 g/mol. The molecule has 0 unspecified atom stereocenters. The molecule has 3 aromatic rings. The molecule has 8 heteroatoms. The van der Waals surface area contributed by atoms with E-state index in [4.69, 9.17) is 0 Å². The first kappa shape index (κ1) is 17.7. The van der Waals surface area contributed by atoms with Crippen LogP contribution in [0, 0.1) is 6.92 Å². The highest BCUT2D eigenvalue weighted by Crippen LogP contribution is 2.07. The first-order chi connectivity index (χ1) is 12.3. The molecule has 2 aromatic heterocycles. The number of nitrogens with zero attached hydrogens (tertiary/aromatic N) is 5. The van der Waals surface area contributed by atoms with Crippen LogP contribution < -0.4 is 11.2 Å². The number of likely N-dealkylation sites (N-methyl/N-ethyl adjacent to an activating group) is 1. The number of aryl methyl sites for hydroxylation is 3. The van der Waals surface area contributed by atoms with Crippen LogP contribution in [0.5, 0.6) is 0 Å². The van der Waals surface area contributed by atoms with Crippen molar-refractivity contribution < 1.29 is 4.79 Å². The third-order valence-electron chi connectivity index (χ3n) is 4.46. The van der Waals surface area contributed by atoms with Crippen LogP contribution in [0.25, 0.3) is 11.2 Å². The Labute approximate surface area is 149 Å². The lowest BCUT2D eigenvalue weighted by Gasteiger charge is -2.18. The Bertz CT molecular complexity index is 1090. The number of hydrogen-bond acceptors (Lipinski definition) is 4. The predicted octanol–water partition coefficient (Wildman–Crippen LogP) is 0.401. The van der Waals surface area contributed by atoms with Crippen LogP contribution in [0.3, 0.4) is 0 Å². The lowest BCUT2D eigenvalue weighted by atomic mass is 10.1. The van der Waals surface area contributed by atoms with Gasteiger partial charge in [0, 0.05) is 27.7 Å². The SMILES string of the molecule is Cc1ccc(CN(C)C(=O)Cn2c(=O)c3c(ncn3C)n(C)c2=O)cc1. The topological polar surface area (TPSA) is 82.1 Å². The van der Waals surface area contributed by atoms with Crippen LogP contribution in [0.2, 0.25) is 0 Å². The summed E-state index contributed by atoms with van der Waals surface area (Å²) < 4.78 is 3.79. The van der Waals surface area contributed by atoms with E-state index in [1.54, 1.807) is 18.7 Å². The summed E-state index contributed by atoms with van der Waals surface area (Å²) >= 11 is 0. The molecule has 0 bridgehead atoms. The number of benzene rings is 1. The van der Waals surface area contributed by atoms with E-state index >= 15 is 0 Å². The molecule has 0 aliphatic heterocycles. The van der Waals surface area contributed by atoms with Crippen molar-refractivity contribution in [1.29, 1.82) is 0 Å². The first-order valence-electron chi connectivity index (χ1n) is 8.20. The molecule has 0 aliphatic rings. The Morgan fingerprint density at radius 1 is 1.15 bits per heavy atom. The lowest BCUT2D eigenvalue weighted by molar-refractivity contribution is -0.131. The molecule has 1 aromatic carbocycles. The summed E-state index contributed by atoms with van der Waals surface area (Å²) in [4.78, 5) is 43.3. The van der Waals surface area contributed by atoms with E-state index in [2.05, 4.69) is 4.98 Å². The highest BCUT2D eigenvalue weighted by molar-refractivity contribution is 5.76. The zero-order valence-corrected chi connectivity index (χ0v) is 15.3. The van der Waals surface area contributed by atoms with E-state index in [-0.39, 0.29) is 12.5 Å². The van der Waals surface area contributed by atoms with Gasteiger partial charge in [-0.3, -0.25) is 14.2 Å². The van der Waals surface area contributed by atoms with Crippen LogP contribution >= 0.6 is 0 Å². The quantitative estimate of drug-likeness (QED) is 0.678. The zero-order chi connectivity index (χ0) is 19.0. The van der Waals surface area contributed by atoms with Crippen LogP contribution in [0.1, 0.15) is 11.1 Å². The molecule has 0 saturated carbocycles. The second-order valence-electron chi connectivity index (χ2n) is 6.50. The smallest absolute Gasteiger partial charge is 0.332 e. The van der Waals surface area contributed by atoms with Crippen molar-refractivity contribution in [2.75, 3.05) is 7.05 Å². The third kappa shape index (κ3) is 3.05. The fourth-order valence-corrected chi connectivity index (χ4v) is 2.85. The number of aromatic nitrogens is 4. The molecule has 0 spiro atoms. The summed E-state index contributed by atoms with van der Waals surface area (Å²) in [6.07, 6.45) is 1.47. The summed E-state index contributed by atoms with van der Waals surface area (Å²) in [7, 11) is 4.87. The normalized spacial score (nSPS) is 11.1. The summed E-state index contributed by atoms with van der Waals surface area (Å²) in [5.41, 5.74) is 1.65. The molecule has 26 heavy (non-hydrogen) atoms. The van der Waals surface area contributed by atoms with Crippen LogP contribution in [0.15, 0.2) is 40.2 Å². The van der Waals surface area contributed by atoms with E-state index in [0.717, 1.165) is 15.7 Å². The molecule has 0 radical (unpaired) electrons. The maximum atomic E-state index is 12.7. The van der Waals surface area contributed by atoms with E-state index in [9.17, 15) is 14.4 Å². The van der Waals surface area contributed by atoms with Gasteiger partial charge in [-0.2, -0.15) is 0 Å². The van der Waals surface area contributed by atoms with Gasteiger partial charge in [0.25, 0.3) is 5.56 Å². The van der Waals surface area contributed by atoms with Crippen molar-refractivity contribution >= 4 is 17.1 Å². The predicted molar refractivity (Wildman–Crippen MR) is 97.9 cm³/mol. The van der Waals surface area contributed by atoms with Gasteiger partial charge in [-0.05, 0) is 12.5 Å². The van der Waals surface area contributed by atoms with Crippen molar-refractivity contribution in [3.05, 3.63) is 62.6 Å². The number of carbonyl (C=O) groups excluding carboxylic acids is 1. The van der Waals surface area contributed by atoms with Crippen molar-refractivity contribution in [2.24, 2.45) is 14.1 Å². The zero-order valence-electron chi connectivity index (χ0n) is 15.3. The second kappa shape index (κ2) is 6.62. The molecule has 0 saturated heterocycles. The van der Waals surface area contributed by atoms with Gasteiger partial charge < -0.3 is 9.47 Å². The Hall–Kier alpha value is -3.16. The molecule has 136 valence electrons. The second-order valence-corrected chi connectivity index (χ2v) is 6.50. The van der Waals surface area contributed by atoms with E-state index in [1.165, 1.54) is 22.8 Å². The van der Waals surface area contributed by atoms with Gasteiger partial charge in [-0.15, -0.1) is 0 Å². The molecule has 0 atom stereocenters. The highest BCUT2D eigenvalue weighted by Gasteiger charge is 2.18. The molecule has 8 nitrogen and oxygen atoms in total. The van der Waals surface area contributed by atoms with Crippen LogP contribution in [0.4, 0.5) is 0 Å². The van der Waals surface area contributed by atoms with Crippen molar-refractivity contribution in [1.82, 2.24) is 23.6 Å². The Kier molecular flexibility index (Phi) is 4.50. The number of amides is 1. The minimum Gasteiger partial charge on any atom is -0.340 e. The molecule has 3 rings (SSSR count). The van der Waals surface area contributed by atoms with Gasteiger partial charge >= 0.3 is 5.69 Å². The van der Waals surface area contributed by atoms with Crippen molar-refractivity contribution in [3.8, 4) is 0 Å². The van der Waals surface area contributed by atoms with Crippen molar-refractivity contribution in [2.45, 2.75) is 20.0 Å². The number of rotatable bonds is 4. The molecular weight excluding hydrogens is 334 g/mol. The third-order valence-corrected chi connectivity index (χ3v) is 4.46. The fourth-order valence-electron chi connectivity index (χ4n) is 2.85. The Balaban J connectivity index is 1.89. The monoisotopic (exact) mass is 355 g/mol. The molecular formula is C18H21N5O3. The molecule has 1 amide bonds. The van der Waals surface area contributed by atoms with Crippen LogP contribution in [-0.4, -0.2) is 36.5 Å². The maximum Gasteiger partial charge on any atom is 0.332 e. The summed E-state index contributed by atoms with van der Waals surface area (Å²) in [6.45, 7) is 2.09. The molecule has 0 fully saturated rings. The average Bonchev–Trinajstić information content (AvgIpc) is 3.00. The van der Waals surface area contributed by atoms with Crippen molar-refractivity contribution in [3.63, 3.8) is 0 Å². The first-order valence-corrected chi connectivity index (χ1v) is 8.20. The van der Waals surface area contributed by atoms with Gasteiger partial charge in [-0.25, -0.2) is 14.3 Å². The lowest BCUT2D eigenvalue weighted by Crippen LogP contribution is -2.43. The van der Waals surface area contributed by atoms with Gasteiger partial charge in [0.2, 0.25) is 5.91 Å². The maximum absolute atomic E-state index is 12.7. The van der Waals surface area contributed by atoms with Gasteiger partial charge in [0.1, 0.15) is 6.54 Å². The van der Waals surface area contributed by atoms with E-state index in [0.29, 0.717) is 17.7 Å². The Morgan fingerprint density at radius 3 is 2.46 bits per heavy atom. The van der Waals surface area contributed by atoms with Crippen LogP contribution in [-0.2, 0) is 32.0 Å². The highest BCUT2D eigenvalue weighted by atomic mass is 16.2. The van der Waals surface area contributed by atoms with Gasteiger partial charge in [0.15, 0.2) is 11.2 Å². The molecule has 0 N–H and O–H groups in total. The number of hydrogen-bond donors (Lipinski definition) is 0. The molecule has 0 aliphatic carbocycles.